The molecule has 0 saturated carbocycles. The van der Waals surface area contributed by atoms with Crippen molar-refractivity contribution in [2.75, 3.05) is 34.5 Å². The summed E-state index contributed by atoms with van der Waals surface area (Å²) < 4.78 is 0. The van der Waals surface area contributed by atoms with Crippen molar-refractivity contribution in [2.24, 2.45) is 0 Å². The number of nitrogens with zero attached hydrogens (tertiary/aromatic N) is 2. The van der Waals surface area contributed by atoms with Crippen molar-refractivity contribution in [1.82, 2.24) is 0 Å². The number of rotatable bonds is 8. The average molecular weight is 449 g/mol. The summed E-state index contributed by atoms with van der Waals surface area (Å²) in [6.07, 6.45) is 0. The second-order valence-corrected chi connectivity index (χ2v) is 8.47. The van der Waals surface area contributed by atoms with Gasteiger partial charge in [-0.1, -0.05) is 71.8 Å². The summed E-state index contributed by atoms with van der Waals surface area (Å²) in [5, 5.41) is 7.38. The third-order valence-corrected chi connectivity index (χ3v) is 5.81. The van der Waals surface area contributed by atoms with E-state index in [1.165, 1.54) is 11.1 Å². The number of benzene rings is 4. The zero-order chi connectivity index (χ0) is 23.9. The maximum absolute atomic E-state index is 3.69. The molecule has 0 bridgehead atoms. The molecule has 0 aliphatic rings. The van der Waals surface area contributed by atoms with Crippen molar-refractivity contribution < 1.29 is 0 Å². The van der Waals surface area contributed by atoms with Crippen LogP contribution in [-0.4, -0.2) is 14.1 Å². The highest BCUT2D eigenvalue weighted by molar-refractivity contribution is 5.66. The Hall–Kier alpha value is -4.18. The summed E-state index contributed by atoms with van der Waals surface area (Å²) >= 11 is 0. The minimum absolute atomic E-state index is 0.932. The Labute approximate surface area is 203 Å². The zero-order valence-corrected chi connectivity index (χ0v) is 20.3. The lowest BCUT2D eigenvalue weighted by atomic mass is 10.2. The van der Waals surface area contributed by atoms with E-state index >= 15 is 0 Å². The standard InChI is InChI=1S/C30H32N4/c1-23-15-19-25(20-16-23)31-29(33(3)27-11-7-5-8-12-27)30(32-26-21-17-24(2)18-22-26)34(4)28-13-9-6-10-14-28/h5-22,31-32H,1-4H3/b30-29-. The molecule has 0 unspecified atom stereocenters. The lowest BCUT2D eigenvalue weighted by Gasteiger charge is -2.32. The van der Waals surface area contributed by atoms with Crippen LogP contribution in [0.3, 0.4) is 0 Å². The van der Waals surface area contributed by atoms with Crippen LogP contribution in [0, 0.1) is 13.8 Å². The summed E-state index contributed by atoms with van der Waals surface area (Å²) in [5.74, 6) is 1.86. The second-order valence-electron chi connectivity index (χ2n) is 8.47. The monoisotopic (exact) mass is 448 g/mol. The van der Waals surface area contributed by atoms with Crippen molar-refractivity contribution in [3.8, 4) is 0 Å². The Morgan fingerprint density at radius 1 is 0.471 bits per heavy atom. The predicted molar refractivity (Wildman–Crippen MR) is 146 cm³/mol. The van der Waals surface area contributed by atoms with Gasteiger partial charge in [-0.3, -0.25) is 0 Å². The van der Waals surface area contributed by atoms with E-state index in [0.29, 0.717) is 0 Å². The van der Waals surface area contributed by atoms with Gasteiger partial charge in [-0.05, 0) is 62.4 Å². The maximum Gasteiger partial charge on any atom is 0.152 e. The minimum Gasteiger partial charge on any atom is -0.339 e. The molecule has 4 heteroatoms. The summed E-state index contributed by atoms with van der Waals surface area (Å²) in [5.41, 5.74) is 6.67. The Morgan fingerprint density at radius 3 is 1.12 bits per heavy atom. The third-order valence-electron chi connectivity index (χ3n) is 5.81. The van der Waals surface area contributed by atoms with Crippen LogP contribution < -0.4 is 20.4 Å². The zero-order valence-electron chi connectivity index (χ0n) is 20.3. The number of anilines is 4. The van der Waals surface area contributed by atoms with Crippen LogP contribution in [0.15, 0.2) is 121 Å². The van der Waals surface area contributed by atoms with E-state index in [2.05, 4.69) is 145 Å². The fraction of sp³-hybridized carbons (Fsp3) is 0.133. The van der Waals surface area contributed by atoms with Crippen LogP contribution in [0.1, 0.15) is 11.1 Å². The molecule has 4 aromatic rings. The molecule has 0 radical (unpaired) electrons. The van der Waals surface area contributed by atoms with E-state index in [4.69, 9.17) is 0 Å². The fourth-order valence-corrected chi connectivity index (χ4v) is 3.71. The highest BCUT2D eigenvalue weighted by Gasteiger charge is 2.19. The van der Waals surface area contributed by atoms with Gasteiger partial charge in [-0.2, -0.15) is 0 Å². The quantitative estimate of drug-likeness (QED) is 0.298. The van der Waals surface area contributed by atoms with Crippen LogP contribution in [0.25, 0.3) is 0 Å². The average Bonchev–Trinajstić information content (AvgIpc) is 2.88. The number of hydrogen-bond acceptors (Lipinski definition) is 4. The predicted octanol–water partition coefficient (Wildman–Crippen LogP) is 7.23. The van der Waals surface area contributed by atoms with Crippen molar-refractivity contribution in [2.45, 2.75) is 13.8 Å². The molecule has 4 nitrogen and oxygen atoms in total. The highest BCUT2D eigenvalue weighted by atomic mass is 15.3. The Morgan fingerprint density at radius 2 is 0.794 bits per heavy atom. The molecule has 0 heterocycles. The molecule has 0 amide bonds. The highest BCUT2D eigenvalue weighted by Crippen LogP contribution is 2.27. The van der Waals surface area contributed by atoms with Crippen LogP contribution >= 0.6 is 0 Å². The molecule has 4 rings (SSSR count). The van der Waals surface area contributed by atoms with Crippen LogP contribution in [0.5, 0.6) is 0 Å². The van der Waals surface area contributed by atoms with E-state index < -0.39 is 0 Å². The first-order chi connectivity index (χ1) is 16.5. The molecule has 4 aromatic carbocycles. The molecule has 0 aliphatic carbocycles. The van der Waals surface area contributed by atoms with Crippen LogP contribution in [-0.2, 0) is 0 Å². The number of para-hydroxylation sites is 2. The molecule has 0 aliphatic heterocycles. The molecule has 2 N–H and O–H groups in total. The van der Waals surface area contributed by atoms with Crippen molar-refractivity contribution in [3.63, 3.8) is 0 Å². The molecular formula is C30H32N4. The van der Waals surface area contributed by atoms with Gasteiger partial charge in [0.25, 0.3) is 0 Å². The topological polar surface area (TPSA) is 30.5 Å². The third kappa shape index (κ3) is 5.59. The SMILES string of the molecule is Cc1ccc(N/C(=C(\Nc2ccc(C)cc2)N(C)c2ccccc2)N(C)c2ccccc2)cc1. The Balaban J connectivity index is 1.86. The van der Waals surface area contributed by atoms with Gasteiger partial charge in [0.1, 0.15) is 0 Å². The molecule has 0 atom stereocenters. The summed E-state index contributed by atoms with van der Waals surface area (Å²) in [4.78, 5) is 4.35. The lowest BCUT2D eigenvalue weighted by Crippen LogP contribution is -2.33. The van der Waals surface area contributed by atoms with Gasteiger partial charge in [0.05, 0.1) is 0 Å². The van der Waals surface area contributed by atoms with E-state index in [0.717, 1.165) is 34.4 Å². The Bertz CT molecular complexity index is 1120. The van der Waals surface area contributed by atoms with E-state index in [-0.39, 0.29) is 0 Å². The number of aryl methyl sites for hydroxylation is 2. The van der Waals surface area contributed by atoms with Gasteiger partial charge in [0.2, 0.25) is 0 Å². The van der Waals surface area contributed by atoms with Crippen molar-refractivity contribution in [1.29, 1.82) is 0 Å². The molecule has 0 spiro atoms. The first-order valence-corrected chi connectivity index (χ1v) is 11.5. The van der Waals surface area contributed by atoms with Crippen molar-refractivity contribution in [3.05, 3.63) is 132 Å². The van der Waals surface area contributed by atoms with E-state index in [1.54, 1.807) is 0 Å². The number of nitrogens with one attached hydrogen (secondary N) is 2. The first kappa shape index (κ1) is 23.0. The van der Waals surface area contributed by atoms with E-state index in [1.807, 2.05) is 12.1 Å². The Kier molecular flexibility index (Phi) is 7.19. The molecule has 0 fully saturated rings. The summed E-state index contributed by atoms with van der Waals surface area (Å²) in [7, 11) is 4.17. The minimum atomic E-state index is 0.932. The van der Waals surface area contributed by atoms with Crippen LogP contribution in [0.2, 0.25) is 0 Å². The largest absolute Gasteiger partial charge is 0.339 e. The second kappa shape index (κ2) is 10.6. The normalized spacial score (nSPS) is 11.4. The van der Waals surface area contributed by atoms with Crippen LogP contribution in [0.4, 0.5) is 22.7 Å². The van der Waals surface area contributed by atoms with Gasteiger partial charge >= 0.3 is 0 Å². The molecule has 0 saturated heterocycles. The molecule has 172 valence electrons. The van der Waals surface area contributed by atoms with Crippen molar-refractivity contribution >= 4 is 22.7 Å². The van der Waals surface area contributed by atoms with E-state index in [9.17, 15) is 0 Å². The van der Waals surface area contributed by atoms with Gasteiger partial charge in [0.15, 0.2) is 11.6 Å². The van der Waals surface area contributed by atoms with Gasteiger partial charge in [0, 0.05) is 36.8 Å². The maximum atomic E-state index is 3.69. The fourth-order valence-electron chi connectivity index (χ4n) is 3.71. The first-order valence-electron chi connectivity index (χ1n) is 11.5. The van der Waals surface area contributed by atoms with Gasteiger partial charge in [-0.25, -0.2) is 0 Å². The molecule has 34 heavy (non-hydrogen) atoms. The van der Waals surface area contributed by atoms with Gasteiger partial charge in [-0.15, -0.1) is 0 Å². The summed E-state index contributed by atoms with van der Waals surface area (Å²) in [6.45, 7) is 4.20. The van der Waals surface area contributed by atoms with Gasteiger partial charge < -0.3 is 20.4 Å². The molecule has 0 aromatic heterocycles. The molecular weight excluding hydrogens is 416 g/mol. The lowest BCUT2D eigenvalue weighted by molar-refractivity contribution is 0.993. The summed E-state index contributed by atoms with van der Waals surface area (Å²) in [6, 6.07) is 37.7. The smallest absolute Gasteiger partial charge is 0.152 e. The number of hydrogen-bond donors (Lipinski definition) is 2.